The summed E-state index contributed by atoms with van der Waals surface area (Å²) in [6.07, 6.45) is 4.37. The smallest absolute Gasteiger partial charge is 0.245 e. The van der Waals surface area contributed by atoms with Gasteiger partial charge in [0.25, 0.3) is 0 Å². The summed E-state index contributed by atoms with van der Waals surface area (Å²) in [6, 6.07) is 1.93. The summed E-state index contributed by atoms with van der Waals surface area (Å²) in [5.41, 5.74) is 1.32. The largest absolute Gasteiger partial charge is 0.335 e. The molecule has 1 aromatic rings. The van der Waals surface area contributed by atoms with Crippen LogP contribution in [0.1, 0.15) is 43.0 Å². The van der Waals surface area contributed by atoms with Crippen molar-refractivity contribution < 1.29 is 9.59 Å². The third-order valence-corrected chi connectivity index (χ3v) is 5.52. The van der Waals surface area contributed by atoms with E-state index in [1.54, 1.807) is 11.3 Å². The predicted octanol–water partition coefficient (Wildman–Crippen LogP) is 2.42. The number of rotatable bonds is 3. The van der Waals surface area contributed by atoms with E-state index in [1.807, 2.05) is 9.80 Å². The fourth-order valence-corrected chi connectivity index (χ4v) is 4.32. The van der Waals surface area contributed by atoms with E-state index >= 15 is 0 Å². The van der Waals surface area contributed by atoms with E-state index in [1.165, 1.54) is 10.4 Å². The summed E-state index contributed by atoms with van der Waals surface area (Å²) in [6.45, 7) is 4.12. The van der Waals surface area contributed by atoms with Crippen molar-refractivity contribution in [3.8, 4) is 0 Å². The quantitative estimate of drug-likeness (QED) is 0.860. The van der Waals surface area contributed by atoms with Gasteiger partial charge >= 0.3 is 0 Å². The van der Waals surface area contributed by atoms with Gasteiger partial charge in [0, 0.05) is 24.4 Å². The zero-order valence-electron chi connectivity index (χ0n) is 12.5. The zero-order valence-corrected chi connectivity index (χ0v) is 13.3. The molecule has 0 spiro atoms. The third-order valence-electron chi connectivity index (χ3n) is 4.57. The van der Waals surface area contributed by atoms with Crippen molar-refractivity contribution in [2.45, 2.75) is 51.6 Å². The molecule has 2 saturated heterocycles. The van der Waals surface area contributed by atoms with Gasteiger partial charge in [-0.15, -0.1) is 11.3 Å². The number of fused-ring (bicyclic) bond motifs is 1. The van der Waals surface area contributed by atoms with Gasteiger partial charge in [-0.2, -0.15) is 0 Å². The molecule has 1 aromatic heterocycles. The summed E-state index contributed by atoms with van der Waals surface area (Å²) < 4.78 is 0. The van der Waals surface area contributed by atoms with Crippen molar-refractivity contribution in [1.29, 1.82) is 0 Å². The van der Waals surface area contributed by atoms with Crippen LogP contribution in [0.3, 0.4) is 0 Å². The number of hydrogen-bond donors (Lipinski definition) is 0. The zero-order chi connectivity index (χ0) is 14.8. The molecule has 2 aliphatic rings. The van der Waals surface area contributed by atoms with E-state index in [2.05, 4.69) is 18.4 Å². The molecule has 1 atom stereocenters. The Hall–Kier alpha value is -1.36. The maximum absolute atomic E-state index is 12.8. The van der Waals surface area contributed by atoms with Crippen LogP contribution in [0.15, 0.2) is 11.4 Å². The van der Waals surface area contributed by atoms with Crippen LogP contribution in [0.2, 0.25) is 0 Å². The van der Waals surface area contributed by atoms with Crippen LogP contribution in [0.4, 0.5) is 0 Å². The molecule has 1 unspecified atom stereocenters. The van der Waals surface area contributed by atoms with Gasteiger partial charge in [0.15, 0.2) is 0 Å². The maximum atomic E-state index is 12.8. The molecule has 5 heteroatoms. The highest BCUT2D eigenvalue weighted by Crippen LogP contribution is 2.26. The second kappa shape index (κ2) is 6.18. The van der Waals surface area contributed by atoms with Gasteiger partial charge < -0.3 is 9.80 Å². The average molecular weight is 306 g/mol. The number of carbonyl (C=O) groups excluding carboxylic acids is 2. The molecule has 0 aliphatic carbocycles. The fourth-order valence-electron chi connectivity index (χ4n) is 3.33. The monoisotopic (exact) mass is 306 g/mol. The number of hydrogen-bond acceptors (Lipinski definition) is 3. The second-order valence-electron chi connectivity index (χ2n) is 5.83. The highest BCUT2D eigenvalue weighted by atomic mass is 32.1. The normalized spacial score (nSPS) is 23.2. The van der Waals surface area contributed by atoms with E-state index in [4.69, 9.17) is 0 Å². The van der Waals surface area contributed by atoms with Crippen LogP contribution in [0.5, 0.6) is 0 Å². The average Bonchev–Trinajstić information content (AvgIpc) is 2.93. The Morgan fingerprint density at radius 3 is 2.95 bits per heavy atom. The molecule has 0 bridgehead atoms. The molecule has 3 heterocycles. The van der Waals surface area contributed by atoms with Gasteiger partial charge in [-0.05, 0) is 42.7 Å². The van der Waals surface area contributed by atoms with Crippen LogP contribution in [0.25, 0.3) is 0 Å². The summed E-state index contributed by atoms with van der Waals surface area (Å²) >= 11 is 1.71. The Bertz CT molecular complexity index is 540. The number of amides is 2. The molecule has 0 saturated carbocycles. The van der Waals surface area contributed by atoms with Crippen LogP contribution in [0, 0.1) is 0 Å². The van der Waals surface area contributed by atoms with Gasteiger partial charge in [-0.25, -0.2) is 0 Å². The topological polar surface area (TPSA) is 40.6 Å². The Morgan fingerprint density at radius 1 is 1.29 bits per heavy atom. The maximum Gasteiger partial charge on any atom is 0.245 e. The minimum atomic E-state index is -0.209. The molecule has 0 aromatic carbocycles. The van der Waals surface area contributed by atoms with Crippen LogP contribution < -0.4 is 0 Å². The number of carbonyl (C=O) groups is 2. The number of nitrogens with zero attached hydrogens (tertiary/aromatic N) is 2. The van der Waals surface area contributed by atoms with Gasteiger partial charge in [0.05, 0.1) is 6.54 Å². The SMILES string of the molecule is CCc1ccsc1CN1CCC(=O)N2CCCCC2C1=O. The van der Waals surface area contributed by atoms with Crippen molar-refractivity contribution in [2.24, 2.45) is 0 Å². The molecule has 3 rings (SSSR count). The number of aryl methyl sites for hydroxylation is 1. The lowest BCUT2D eigenvalue weighted by atomic mass is 10.0. The predicted molar refractivity (Wildman–Crippen MR) is 83.1 cm³/mol. The van der Waals surface area contributed by atoms with Crippen LogP contribution in [-0.2, 0) is 22.6 Å². The standard InChI is InChI=1S/C16H22N2O2S/c1-2-12-7-10-21-14(12)11-17-9-6-15(19)18-8-4-3-5-13(18)16(17)20/h7,10,13H,2-6,8-9,11H2,1H3. The van der Waals surface area contributed by atoms with Crippen LogP contribution >= 0.6 is 11.3 Å². The van der Waals surface area contributed by atoms with Crippen molar-refractivity contribution in [3.05, 3.63) is 21.9 Å². The first kappa shape index (κ1) is 14.6. The van der Waals surface area contributed by atoms with Crippen LogP contribution in [-0.4, -0.2) is 40.7 Å². The van der Waals surface area contributed by atoms with Crippen molar-refractivity contribution >= 4 is 23.2 Å². The molecule has 114 valence electrons. The molecule has 0 N–H and O–H groups in total. The van der Waals surface area contributed by atoms with Crippen molar-refractivity contribution in [2.75, 3.05) is 13.1 Å². The molecule has 4 nitrogen and oxygen atoms in total. The number of piperidine rings is 1. The van der Waals surface area contributed by atoms with E-state index in [9.17, 15) is 9.59 Å². The summed E-state index contributed by atoms with van der Waals surface area (Å²) in [5.74, 6) is 0.299. The third kappa shape index (κ3) is 2.84. The Balaban J connectivity index is 1.79. The lowest BCUT2D eigenvalue weighted by Crippen LogP contribution is -2.49. The lowest BCUT2D eigenvalue weighted by Gasteiger charge is -2.34. The molecule has 21 heavy (non-hydrogen) atoms. The lowest BCUT2D eigenvalue weighted by molar-refractivity contribution is -0.143. The van der Waals surface area contributed by atoms with E-state index < -0.39 is 0 Å². The van der Waals surface area contributed by atoms with E-state index in [0.717, 1.165) is 32.2 Å². The molecule has 2 fully saturated rings. The summed E-state index contributed by atoms with van der Waals surface area (Å²) in [4.78, 5) is 30.0. The summed E-state index contributed by atoms with van der Waals surface area (Å²) in [5, 5.41) is 2.09. The van der Waals surface area contributed by atoms with Crippen molar-refractivity contribution in [3.63, 3.8) is 0 Å². The van der Waals surface area contributed by atoms with Gasteiger partial charge in [0.2, 0.25) is 11.8 Å². The summed E-state index contributed by atoms with van der Waals surface area (Å²) in [7, 11) is 0. The highest BCUT2D eigenvalue weighted by Gasteiger charge is 2.37. The fraction of sp³-hybridized carbons (Fsp3) is 0.625. The number of thiophene rings is 1. The first-order valence-electron chi connectivity index (χ1n) is 7.84. The van der Waals surface area contributed by atoms with Gasteiger partial charge in [0.1, 0.15) is 6.04 Å². The van der Waals surface area contributed by atoms with Gasteiger partial charge in [-0.1, -0.05) is 6.92 Å². The van der Waals surface area contributed by atoms with Gasteiger partial charge in [-0.3, -0.25) is 9.59 Å². The molecular formula is C16H22N2O2S. The Morgan fingerprint density at radius 2 is 2.14 bits per heavy atom. The van der Waals surface area contributed by atoms with E-state index in [0.29, 0.717) is 19.5 Å². The van der Waals surface area contributed by atoms with E-state index in [-0.39, 0.29) is 17.9 Å². The first-order chi connectivity index (χ1) is 10.2. The molecule has 2 amide bonds. The van der Waals surface area contributed by atoms with Crippen molar-refractivity contribution in [1.82, 2.24) is 9.80 Å². The molecule has 2 aliphatic heterocycles. The minimum absolute atomic E-state index is 0.149. The minimum Gasteiger partial charge on any atom is -0.335 e. The Labute approximate surface area is 129 Å². The second-order valence-corrected chi connectivity index (χ2v) is 6.83. The first-order valence-corrected chi connectivity index (χ1v) is 8.72. The highest BCUT2D eigenvalue weighted by molar-refractivity contribution is 7.10. The molecular weight excluding hydrogens is 284 g/mol. The molecule has 0 radical (unpaired) electrons. The Kier molecular flexibility index (Phi) is 4.29.